The van der Waals surface area contributed by atoms with Crippen LogP contribution in [0.1, 0.15) is 49.8 Å². The second-order valence-electron chi connectivity index (χ2n) is 11.7. The fourth-order valence-electron chi connectivity index (χ4n) is 6.77. The minimum atomic E-state index is -0.254. The van der Waals surface area contributed by atoms with E-state index in [2.05, 4.69) is 46.7 Å². The first-order valence-electron chi connectivity index (χ1n) is 15.7. The molecule has 3 aromatic rings. The summed E-state index contributed by atoms with van der Waals surface area (Å²) < 4.78 is 12.2. The summed E-state index contributed by atoms with van der Waals surface area (Å²) in [6.45, 7) is 7.46. The smallest absolute Gasteiger partial charge is 0.318 e. The Balaban J connectivity index is 1.28. The first kappa shape index (κ1) is 30.2. The van der Waals surface area contributed by atoms with Crippen molar-refractivity contribution >= 4 is 39.8 Å². The second kappa shape index (κ2) is 13.8. The van der Waals surface area contributed by atoms with Crippen LogP contribution in [-0.4, -0.2) is 72.3 Å². The number of benzene rings is 2. The van der Waals surface area contributed by atoms with Crippen molar-refractivity contribution in [1.29, 1.82) is 5.26 Å². The summed E-state index contributed by atoms with van der Waals surface area (Å²) in [5.74, 6) is 0.670. The lowest BCUT2D eigenvalue weighted by molar-refractivity contribution is -0.128. The molecule has 2 aromatic carbocycles. The molecule has 1 atom stereocenters. The molecule has 2 aliphatic heterocycles. The minimum absolute atomic E-state index is 0.152. The number of amides is 1. The number of halogens is 1. The molecule has 0 N–H and O–H groups in total. The highest BCUT2D eigenvalue weighted by Crippen LogP contribution is 2.37. The summed E-state index contributed by atoms with van der Waals surface area (Å²) >= 11 is 6.70. The predicted octanol–water partition coefficient (Wildman–Crippen LogP) is 5.69. The Morgan fingerprint density at radius 2 is 1.89 bits per heavy atom. The summed E-state index contributed by atoms with van der Waals surface area (Å²) in [6, 6.07) is 14.6. The SMILES string of the molecule is C=CC(=O)N1CCN(c2nc(OCCOC3CCCCC3)nc3c2CCN(c2cccc4cccc(Cl)c24)C3)C[C@@H]1CC#N. The number of piperazine rings is 1. The van der Waals surface area contributed by atoms with E-state index in [0.29, 0.717) is 51.5 Å². The summed E-state index contributed by atoms with van der Waals surface area (Å²) in [5.41, 5.74) is 3.07. The van der Waals surface area contributed by atoms with E-state index in [1.165, 1.54) is 25.3 Å². The third-order valence-electron chi connectivity index (χ3n) is 8.98. The lowest BCUT2D eigenvalue weighted by atomic mass is 9.98. The molecule has 0 spiro atoms. The molecule has 2 fully saturated rings. The third kappa shape index (κ3) is 6.47. The molecule has 6 rings (SSSR count). The summed E-state index contributed by atoms with van der Waals surface area (Å²) in [4.78, 5) is 28.6. The molecule has 230 valence electrons. The zero-order valence-corrected chi connectivity index (χ0v) is 25.8. The maximum Gasteiger partial charge on any atom is 0.318 e. The summed E-state index contributed by atoms with van der Waals surface area (Å²) in [5, 5.41) is 12.4. The number of carbonyl (C=O) groups excluding carboxylic acids is 1. The van der Waals surface area contributed by atoms with Crippen molar-refractivity contribution in [3.05, 3.63) is 65.3 Å². The van der Waals surface area contributed by atoms with Gasteiger partial charge < -0.3 is 24.2 Å². The van der Waals surface area contributed by atoms with Crippen molar-refractivity contribution in [2.45, 2.75) is 63.6 Å². The van der Waals surface area contributed by atoms with Crippen LogP contribution in [0.3, 0.4) is 0 Å². The standard InChI is InChI=1S/C34H39ClN6O3/c1-2-31(42)41-19-18-40(22-25(41)14-16-36)33-27-15-17-39(30-13-7-9-24-8-6-12-28(35)32(24)30)23-29(27)37-34(38-33)44-21-20-43-26-10-4-3-5-11-26/h2,6-9,12-13,25-26H,1,3-5,10-11,14-15,17-23H2/t25-/m0/s1. The molecule has 1 aliphatic carbocycles. The Hall–Kier alpha value is -3.87. The number of aromatic nitrogens is 2. The van der Waals surface area contributed by atoms with Crippen LogP contribution < -0.4 is 14.5 Å². The van der Waals surface area contributed by atoms with E-state index in [-0.39, 0.29) is 18.4 Å². The number of rotatable bonds is 9. The van der Waals surface area contributed by atoms with Gasteiger partial charge in [0, 0.05) is 42.8 Å². The quantitative estimate of drug-likeness (QED) is 0.224. The molecule has 44 heavy (non-hydrogen) atoms. The van der Waals surface area contributed by atoms with Gasteiger partial charge in [-0.2, -0.15) is 15.2 Å². The van der Waals surface area contributed by atoms with Crippen molar-refractivity contribution in [2.75, 3.05) is 49.2 Å². The number of hydrogen-bond donors (Lipinski definition) is 0. The van der Waals surface area contributed by atoms with E-state index in [1.54, 1.807) is 4.90 Å². The highest BCUT2D eigenvalue weighted by molar-refractivity contribution is 6.36. The van der Waals surface area contributed by atoms with Gasteiger partial charge in [-0.1, -0.05) is 61.7 Å². The minimum Gasteiger partial charge on any atom is -0.461 e. The fourth-order valence-corrected chi connectivity index (χ4v) is 7.05. The number of fused-ring (bicyclic) bond motifs is 2. The van der Waals surface area contributed by atoms with Gasteiger partial charge in [0.1, 0.15) is 12.4 Å². The van der Waals surface area contributed by atoms with Gasteiger partial charge in [0.05, 0.1) is 48.5 Å². The van der Waals surface area contributed by atoms with Crippen LogP contribution >= 0.6 is 11.6 Å². The molecule has 1 saturated carbocycles. The fraction of sp³-hybridized carbons (Fsp3) is 0.471. The van der Waals surface area contributed by atoms with E-state index in [4.69, 9.17) is 31.0 Å². The lowest BCUT2D eigenvalue weighted by Crippen LogP contribution is -2.55. The molecule has 3 aliphatic rings. The molecular formula is C34H39ClN6O3. The van der Waals surface area contributed by atoms with E-state index < -0.39 is 0 Å². The van der Waals surface area contributed by atoms with Gasteiger partial charge in [-0.25, -0.2) is 0 Å². The number of anilines is 2. The molecule has 0 unspecified atom stereocenters. The van der Waals surface area contributed by atoms with Crippen molar-refractivity contribution in [1.82, 2.24) is 14.9 Å². The maximum atomic E-state index is 12.5. The summed E-state index contributed by atoms with van der Waals surface area (Å²) in [7, 11) is 0. The van der Waals surface area contributed by atoms with Crippen LogP contribution in [0.15, 0.2) is 49.1 Å². The number of ether oxygens (including phenoxy) is 2. The molecule has 1 saturated heterocycles. The average Bonchev–Trinajstić information content (AvgIpc) is 3.06. The van der Waals surface area contributed by atoms with E-state index in [9.17, 15) is 10.1 Å². The highest BCUT2D eigenvalue weighted by atomic mass is 35.5. The molecule has 9 nitrogen and oxygen atoms in total. The van der Waals surface area contributed by atoms with E-state index in [0.717, 1.165) is 64.4 Å². The zero-order valence-electron chi connectivity index (χ0n) is 25.1. The van der Waals surface area contributed by atoms with Crippen molar-refractivity contribution in [3.8, 4) is 12.1 Å². The number of carbonyl (C=O) groups is 1. The van der Waals surface area contributed by atoms with Gasteiger partial charge in [-0.05, 0) is 42.9 Å². The normalized spacial score (nSPS) is 19.0. The van der Waals surface area contributed by atoms with Gasteiger partial charge in [0.2, 0.25) is 5.91 Å². The van der Waals surface area contributed by atoms with Gasteiger partial charge in [-0.15, -0.1) is 0 Å². The Labute approximate surface area is 264 Å². The van der Waals surface area contributed by atoms with Crippen LogP contribution in [0.25, 0.3) is 10.8 Å². The van der Waals surface area contributed by atoms with Crippen LogP contribution in [0.4, 0.5) is 11.5 Å². The van der Waals surface area contributed by atoms with Crippen LogP contribution in [0.5, 0.6) is 6.01 Å². The molecular weight excluding hydrogens is 576 g/mol. The molecule has 0 bridgehead atoms. The number of nitrogens with zero attached hydrogens (tertiary/aromatic N) is 6. The molecule has 0 radical (unpaired) electrons. The highest BCUT2D eigenvalue weighted by Gasteiger charge is 2.33. The molecule has 1 aromatic heterocycles. The topological polar surface area (TPSA) is 94.8 Å². The maximum absolute atomic E-state index is 12.5. The Morgan fingerprint density at radius 3 is 2.68 bits per heavy atom. The van der Waals surface area contributed by atoms with Crippen molar-refractivity contribution in [2.24, 2.45) is 0 Å². The largest absolute Gasteiger partial charge is 0.461 e. The Morgan fingerprint density at radius 1 is 1.07 bits per heavy atom. The monoisotopic (exact) mass is 614 g/mol. The van der Waals surface area contributed by atoms with E-state index >= 15 is 0 Å². The predicted molar refractivity (Wildman–Crippen MR) is 172 cm³/mol. The summed E-state index contributed by atoms with van der Waals surface area (Å²) in [6.07, 6.45) is 8.55. The molecule has 1 amide bonds. The van der Waals surface area contributed by atoms with Gasteiger partial charge >= 0.3 is 6.01 Å². The van der Waals surface area contributed by atoms with Gasteiger partial charge in [0.15, 0.2) is 0 Å². The number of hydrogen-bond acceptors (Lipinski definition) is 8. The third-order valence-corrected chi connectivity index (χ3v) is 9.30. The molecule has 3 heterocycles. The van der Waals surface area contributed by atoms with Crippen LogP contribution in [-0.2, 0) is 22.5 Å². The Kier molecular flexibility index (Phi) is 9.48. The lowest BCUT2D eigenvalue weighted by Gasteiger charge is -2.42. The number of nitriles is 1. The Bertz CT molecular complexity index is 1550. The second-order valence-corrected chi connectivity index (χ2v) is 12.1. The zero-order chi connectivity index (χ0) is 30.5. The van der Waals surface area contributed by atoms with Crippen molar-refractivity contribution in [3.63, 3.8) is 0 Å². The van der Waals surface area contributed by atoms with Crippen molar-refractivity contribution < 1.29 is 14.3 Å². The van der Waals surface area contributed by atoms with Crippen LogP contribution in [0.2, 0.25) is 5.02 Å². The van der Waals surface area contributed by atoms with Gasteiger partial charge in [0.25, 0.3) is 0 Å². The van der Waals surface area contributed by atoms with Crippen LogP contribution in [0, 0.1) is 11.3 Å². The van der Waals surface area contributed by atoms with Gasteiger partial charge in [-0.3, -0.25) is 4.79 Å². The average molecular weight is 615 g/mol. The first-order valence-corrected chi connectivity index (χ1v) is 16.0. The molecule has 10 heteroatoms. The first-order chi connectivity index (χ1) is 21.6. The van der Waals surface area contributed by atoms with E-state index in [1.807, 2.05) is 12.1 Å².